The lowest BCUT2D eigenvalue weighted by Crippen LogP contribution is -1.91. The van der Waals surface area contributed by atoms with E-state index in [1.807, 2.05) is 13.0 Å². The Kier molecular flexibility index (Phi) is 2.06. The van der Waals surface area contributed by atoms with Crippen molar-refractivity contribution in [2.24, 2.45) is 0 Å². The Balaban J connectivity index is 2.79. The van der Waals surface area contributed by atoms with Crippen molar-refractivity contribution in [2.45, 2.75) is 6.92 Å². The second-order valence-electron chi connectivity index (χ2n) is 2.78. The summed E-state index contributed by atoms with van der Waals surface area (Å²) in [7, 11) is 1.50. The Morgan fingerprint density at radius 2 is 2.36 bits per heavy atom. The number of nitriles is 1. The van der Waals surface area contributed by atoms with Crippen LogP contribution in [-0.2, 0) is 0 Å². The van der Waals surface area contributed by atoms with Crippen molar-refractivity contribution in [3.63, 3.8) is 0 Å². The highest BCUT2D eigenvalue weighted by Gasteiger charge is 2.10. The summed E-state index contributed by atoms with van der Waals surface area (Å²) in [5.41, 5.74) is 1.35. The molecule has 0 aromatic carbocycles. The Morgan fingerprint density at radius 1 is 1.57 bits per heavy atom. The summed E-state index contributed by atoms with van der Waals surface area (Å²) >= 11 is 1.31. The molecule has 70 valence electrons. The molecule has 0 aliphatic carbocycles. The topological polar surface area (TPSA) is 58.8 Å². The number of hydrogen-bond acceptors (Lipinski definition) is 5. The molecule has 0 radical (unpaired) electrons. The summed E-state index contributed by atoms with van der Waals surface area (Å²) in [4.78, 5) is 5.00. The number of ether oxygens (including phenoxy) is 1. The van der Waals surface area contributed by atoms with Gasteiger partial charge in [-0.05, 0) is 24.5 Å². The molecule has 0 fully saturated rings. The highest BCUT2D eigenvalue weighted by Crippen LogP contribution is 2.26. The summed E-state index contributed by atoms with van der Waals surface area (Å²) < 4.78 is 9.16. The van der Waals surface area contributed by atoms with Crippen molar-refractivity contribution in [1.82, 2.24) is 9.36 Å². The summed E-state index contributed by atoms with van der Waals surface area (Å²) in [6.45, 7) is 1.90. The van der Waals surface area contributed by atoms with E-state index in [2.05, 4.69) is 9.36 Å². The summed E-state index contributed by atoms with van der Waals surface area (Å²) in [6.07, 6.45) is 0. The van der Waals surface area contributed by atoms with Crippen LogP contribution in [0, 0.1) is 18.3 Å². The number of rotatable bonds is 1. The Labute approximate surface area is 84.9 Å². The van der Waals surface area contributed by atoms with Gasteiger partial charge in [-0.1, -0.05) is 0 Å². The lowest BCUT2D eigenvalue weighted by atomic mass is 10.2. The molecule has 0 aliphatic rings. The molecule has 2 aromatic heterocycles. The predicted octanol–water partition coefficient (Wildman–Crippen LogP) is 1.88. The highest BCUT2D eigenvalue weighted by atomic mass is 32.1. The van der Waals surface area contributed by atoms with Gasteiger partial charge in [0, 0.05) is 5.39 Å². The molecule has 4 nitrogen and oxygen atoms in total. The number of aromatic nitrogens is 2. The Hall–Kier alpha value is -1.67. The Bertz CT molecular complexity index is 527. The molecular formula is C9H7N3OS. The molecule has 5 heteroatoms. The lowest BCUT2D eigenvalue weighted by molar-refractivity contribution is 0.398. The SMILES string of the molecule is COc1nc2snc(C)c2cc1C#N. The molecule has 0 saturated carbocycles. The standard InChI is InChI=1S/C9H7N3OS/c1-5-7-3-6(4-10)8(13-2)11-9(7)14-12-5/h3H,1-2H3. The van der Waals surface area contributed by atoms with Crippen molar-refractivity contribution in [1.29, 1.82) is 5.26 Å². The Morgan fingerprint density at radius 3 is 3.00 bits per heavy atom. The maximum atomic E-state index is 8.85. The van der Waals surface area contributed by atoms with Crippen LogP contribution in [-0.4, -0.2) is 16.5 Å². The van der Waals surface area contributed by atoms with Gasteiger partial charge < -0.3 is 4.74 Å². The third-order valence-electron chi connectivity index (χ3n) is 1.93. The van der Waals surface area contributed by atoms with Crippen molar-refractivity contribution in [3.8, 4) is 11.9 Å². The largest absolute Gasteiger partial charge is 0.480 e. The molecule has 0 unspecified atom stereocenters. The van der Waals surface area contributed by atoms with Gasteiger partial charge in [0.1, 0.15) is 16.5 Å². The fraction of sp³-hybridized carbons (Fsp3) is 0.222. The zero-order chi connectivity index (χ0) is 10.1. The molecule has 0 N–H and O–H groups in total. The van der Waals surface area contributed by atoms with Gasteiger partial charge in [-0.15, -0.1) is 0 Å². The van der Waals surface area contributed by atoms with E-state index in [9.17, 15) is 0 Å². The van der Waals surface area contributed by atoms with Crippen LogP contribution in [0.5, 0.6) is 5.88 Å². The molecule has 2 aromatic rings. The first-order chi connectivity index (χ1) is 6.76. The molecule has 0 atom stereocenters. The first-order valence-corrected chi connectivity index (χ1v) is 4.74. The van der Waals surface area contributed by atoms with Crippen LogP contribution in [0.3, 0.4) is 0 Å². The van der Waals surface area contributed by atoms with E-state index in [-0.39, 0.29) is 0 Å². The van der Waals surface area contributed by atoms with Crippen molar-refractivity contribution in [2.75, 3.05) is 7.11 Å². The van der Waals surface area contributed by atoms with Crippen molar-refractivity contribution >= 4 is 21.7 Å². The van der Waals surface area contributed by atoms with Crippen molar-refractivity contribution < 1.29 is 4.74 Å². The summed E-state index contributed by atoms with van der Waals surface area (Å²) in [5, 5.41) is 9.77. The minimum atomic E-state index is 0.364. The number of nitrogens with zero attached hydrogens (tertiary/aromatic N) is 3. The van der Waals surface area contributed by atoms with E-state index in [4.69, 9.17) is 10.00 Å². The van der Waals surface area contributed by atoms with Crippen LogP contribution in [0.25, 0.3) is 10.2 Å². The quantitative estimate of drug-likeness (QED) is 0.713. The predicted molar refractivity (Wildman–Crippen MR) is 53.4 cm³/mol. The number of hydrogen-bond donors (Lipinski definition) is 0. The van der Waals surface area contributed by atoms with E-state index in [1.54, 1.807) is 6.07 Å². The number of methoxy groups -OCH3 is 1. The van der Waals surface area contributed by atoms with Gasteiger partial charge >= 0.3 is 0 Å². The van der Waals surface area contributed by atoms with E-state index in [0.29, 0.717) is 11.4 Å². The second-order valence-corrected chi connectivity index (χ2v) is 3.53. The van der Waals surface area contributed by atoms with E-state index in [0.717, 1.165) is 15.9 Å². The molecule has 0 aliphatic heterocycles. The van der Waals surface area contributed by atoms with Crippen LogP contribution < -0.4 is 4.74 Å². The van der Waals surface area contributed by atoms with Gasteiger partial charge in [-0.3, -0.25) is 0 Å². The van der Waals surface area contributed by atoms with Crippen LogP contribution in [0.15, 0.2) is 6.07 Å². The fourth-order valence-electron chi connectivity index (χ4n) is 1.21. The van der Waals surface area contributed by atoms with Gasteiger partial charge in [-0.2, -0.15) is 14.6 Å². The minimum absolute atomic E-state index is 0.364. The number of fused-ring (bicyclic) bond motifs is 1. The van der Waals surface area contributed by atoms with Crippen LogP contribution >= 0.6 is 11.5 Å². The zero-order valence-electron chi connectivity index (χ0n) is 7.74. The third-order valence-corrected chi connectivity index (χ3v) is 2.77. The average Bonchev–Trinajstić information content (AvgIpc) is 2.58. The van der Waals surface area contributed by atoms with Gasteiger partial charge in [0.25, 0.3) is 0 Å². The molecule has 0 saturated heterocycles. The molecule has 0 bridgehead atoms. The van der Waals surface area contributed by atoms with E-state index in [1.165, 1.54) is 18.6 Å². The average molecular weight is 205 g/mol. The fourth-order valence-corrected chi connectivity index (χ4v) is 1.96. The number of aryl methyl sites for hydroxylation is 1. The van der Waals surface area contributed by atoms with Crippen molar-refractivity contribution in [3.05, 3.63) is 17.3 Å². The van der Waals surface area contributed by atoms with E-state index < -0.39 is 0 Å². The maximum Gasteiger partial charge on any atom is 0.232 e. The van der Waals surface area contributed by atoms with Crippen LogP contribution in [0.4, 0.5) is 0 Å². The minimum Gasteiger partial charge on any atom is -0.480 e. The number of pyridine rings is 1. The van der Waals surface area contributed by atoms with E-state index >= 15 is 0 Å². The summed E-state index contributed by atoms with van der Waals surface area (Å²) in [6, 6.07) is 3.81. The molecule has 0 spiro atoms. The monoisotopic (exact) mass is 205 g/mol. The van der Waals surface area contributed by atoms with Gasteiger partial charge in [-0.25, -0.2) is 0 Å². The zero-order valence-corrected chi connectivity index (χ0v) is 8.55. The maximum absolute atomic E-state index is 8.85. The first-order valence-electron chi connectivity index (χ1n) is 3.97. The van der Waals surface area contributed by atoms with Crippen LogP contribution in [0.1, 0.15) is 11.3 Å². The summed E-state index contributed by atoms with van der Waals surface area (Å²) in [5.74, 6) is 0.364. The van der Waals surface area contributed by atoms with Gasteiger partial charge in [0.05, 0.1) is 12.8 Å². The normalized spacial score (nSPS) is 10.1. The van der Waals surface area contributed by atoms with Gasteiger partial charge in [0.2, 0.25) is 5.88 Å². The van der Waals surface area contributed by atoms with Crippen LogP contribution in [0.2, 0.25) is 0 Å². The highest BCUT2D eigenvalue weighted by molar-refractivity contribution is 7.12. The first kappa shape index (κ1) is 8.91. The van der Waals surface area contributed by atoms with Gasteiger partial charge in [0.15, 0.2) is 0 Å². The molecule has 2 rings (SSSR count). The molecule has 2 heterocycles. The smallest absolute Gasteiger partial charge is 0.232 e. The third kappa shape index (κ3) is 1.20. The molecule has 0 amide bonds. The molecule has 14 heavy (non-hydrogen) atoms. The second kappa shape index (κ2) is 3.24. The molecular weight excluding hydrogens is 198 g/mol. The lowest BCUT2D eigenvalue weighted by Gasteiger charge is -2.00.